The number of phenolic OH excluding ortho intramolecular Hbond substituents is 1. The molecule has 1 aliphatic rings. The van der Waals surface area contributed by atoms with Gasteiger partial charge in [0.05, 0.1) is 6.54 Å². The summed E-state index contributed by atoms with van der Waals surface area (Å²) in [6.07, 6.45) is 16.5. The Hall–Kier alpha value is -3.47. The highest BCUT2D eigenvalue weighted by Gasteiger charge is 2.44. The smallest absolute Gasteiger partial charge is 0.327 e. The van der Waals surface area contributed by atoms with E-state index in [4.69, 9.17) is 5.73 Å². The summed E-state index contributed by atoms with van der Waals surface area (Å²) < 4.78 is 0. The maximum atomic E-state index is 13.9. The van der Waals surface area contributed by atoms with Crippen molar-refractivity contribution in [2.24, 2.45) is 11.7 Å². The number of phenols is 1. The van der Waals surface area contributed by atoms with Crippen LogP contribution in [0.2, 0.25) is 0 Å². The lowest BCUT2D eigenvalue weighted by Gasteiger charge is -2.34. The van der Waals surface area contributed by atoms with E-state index in [1.54, 1.807) is 0 Å². The van der Waals surface area contributed by atoms with Crippen LogP contribution in [-0.2, 0) is 30.4 Å². The van der Waals surface area contributed by atoms with Crippen molar-refractivity contribution in [2.75, 3.05) is 13.1 Å². The Labute approximate surface area is 287 Å². The molecule has 11 heteroatoms. The summed E-state index contributed by atoms with van der Waals surface area (Å²) >= 11 is 0. The van der Waals surface area contributed by atoms with Crippen LogP contribution in [0.5, 0.6) is 5.75 Å². The molecule has 11 nitrogen and oxygen atoms in total. The van der Waals surface area contributed by atoms with Crippen molar-refractivity contribution < 1.29 is 34.2 Å². The fourth-order valence-electron chi connectivity index (χ4n) is 6.38. The van der Waals surface area contributed by atoms with Crippen LogP contribution in [0, 0.1) is 5.92 Å². The lowest BCUT2D eigenvalue weighted by Crippen LogP contribution is -2.59. The van der Waals surface area contributed by atoms with Gasteiger partial charge in [0.2, 0.25) is 17.7 Å². The van der Waals surface area contributed by atoms with E-state index in [2.05, 4.69) is 12.2 Å². The zero-order valence-corrected chi connectivity index (χ0v) is 29.5. The van der Waals surface area contributed by atoms with E-state index in [1.807, 2.05) is 13.8 Å². The van der Waals surface area contributed by atoms with Crippen LogP contribution in [-0.4, -0.2) is 80.8 Å². The van der Waals surface area contributed by atoms with Crippen LogP contribution in [0.15, 0.2) is 24.3 Å². The Morgan fingerprint density at radius 3 is 1.94 bits per heavy atom. The highest BCUT2D eigenvalue weighted by atomic mass is 16.4. The summed E-state index contributed by atoms with van der Waals surface area (Å²) in [5.41, 5.74) is 6.10. The topological polar surface area (TPSA) is 170 Å². The van der Waals surface area contributed by atoms with Crippen LogP contribution in [0.3, 0.4) is 0 Å². The summed E-state index contributed by atoms with van der Waals surface area (Å²) in [6.45, 7) is 5.54. The molecule has 1 aromatic rings. The first-order valence-corrected chi connectivity index (χ1v) is 18.2. The monoisotopic (exact) mass is 672 g/mol. The van der Waals surface area contributed by atoms with Crippen molar-refractivity contribution in [2.45, 2.75) is 148 Å². The summed E-state index contributed by atoms with van der Waals surface area (Å²) in [7, 11) is 0. The number of imide groups is 1. The van der Waals surface area contributed by atoms with Gasteiger partial charge in [0.15, 0.2) is 0 Å². The van der Waals surface area contributed by atoms with Crippen LogP contribution in [0.1, 0.15) is 129 Å². The van der Waals surface area contributed by atoms with Crippen molar-refractivity contribution in [3.05, 3.63) is 29.8 Å². The van der Waals surface area contributed by atoms with Gasteiger partial charge in [-0.25, -0.2) is 4.79 Å². The normalized spacial score (nSPS) is 15.7. The Balaban J connectivity index is 1.93. The van der Waals surface area contributed by atoms with Crippen LogP contribution < -0.4 is 11.1 Å². The molecule has 0 aliphatic carbocycles. The molecule has 0 unspecified atom stereocenters. The predicted molar refractivity (Wildman–Crippen MR) is 186 cm³/mol. The fraction of sp³-hybridized carbons (Fsp3) is 0.703. The van der Waals surface area contributed by atoms with Gasteiger partial charge >= 0.3 is 5.97 Å². The fourth-order valence-corrected chi connectivity index (χ4v) is 6.38. The number of amides is 4. The summed E-state index contributed by atoms with van der Waals surface area (Å²) in [5, 5.41) is 22.5. The maximum Gasteiger partial charge on any atom is 0.327 e. The van der Waals surface area contributed by atoms with E-state index in [-0.39, 0.29) is 37.0 Å². The minimum atomic E-state index is -1.56. The summed E-state index contributed by atoms with van der Waals surface area (Å²) in [5.74, 6) is -3.97. The second kappa shape index (κ2) is 22.2. The summed E-state index contributed by atoms with van der Waals surface area (Å²) in [6, 6.07) is 2.33. The quantitative estimate of drug-likeness (QED) is 0.113. The number of carbonyl (C=O) groups is 5. The third kappa shape index (κ3) is 13.6. The summed E-state index contributed by atoms with van der Waals surface area (Å²) in [4.78, 5) is 67.9. The molecular formula is C37H60N4O7. The standard InChI is InChI=1S/C37H60N4O7/c1-4-5-6-7-8-9-10-11-12-13-14-15-16-19-32(43)39-34(27(2)3)36(46)40-24-17-18-30(40)35(45)41(33(44)26-38)31(37(47)48)25-28-20-22-29(42)23-21-28/h20-23,27,30-31,34,42H,4-19,24-26,38H2,1-3H3,(H,39,43)(H,47,48)/t30-,31-,34-/m0/s1. The van der Waals surface area contributed by atoms with Gasteiger partial charge in [-0.1, -0.05) is 110 Å². The molecular weight excluding hydrogens is 612 g/mol. The number of nitrogens with zero attached hydrogens (tertiary/aromatic N) is 2. The average molecular weight is 673 g/mol. The maximum absolute atomic E-state index is 13.9. The van der Waals surface area contributed by atoms with Crippen LogP contribution >= 0.6 is 0 Å². The number of benzene rings is 1. The van der Waals surface area contributed by atoms with E-state index >= 15 is 0 Å². The minimum Gasteiger partial charge on any atom is -0.508 e. The molecule has 270 valence electrons. The zero-order chi connectivity index (χ0) is 35.5. The second-order valence-electron chi connectivity index (χ2n) is 13.5. The van der Waals surface area contributed by atoms with Crippen molar-refractivity contribution in [3.8, 4) is 5.75 Å². The number of unbranched alkanes of at least 4 members (excludes halogenated alkanes) is 12. The molecule has 0 bridgehead atoms. The lowest BCUT2D eigenvalue weighted by atomic mass is 10.0. The molecule has 1 aromatic carbocycles. The molecule has 1 aliphatic heterocycles. The Morgan fingerprint density at radius 1 is 0.896 bits per heavy atom. The average Bonchev–Trinajstić information content (AvgIpc) is 3.56. The Kier molecular flexibility index (Phi) is 18.8. The highest BCUT2D eigenvalue weighted by Crippen LogP contribution is 2.25. The number of carbonyl (C=O) groups excluding carboxylic acids is 4. The van der Waals surface area contributed by atoms with E-state index in [9.17, 15) is 34.2 Å². The third-order valence-electron chi connectivity index (χ3n) is 9.22. The van der Waals surface area contributed by atoms with Gasteiger partial charge in [0.25, 0.3) is 5.91 Å². The number of likely N-dealkylation sites (tertiary alicyclic amines) is 1. The van der Waals surface area contributed by atoms with Gasteiger partial charge < -0.3 is 26.2 Å². The number of aliphatic carboxylic acids is 1. The van der Waals surface area contributed by atoms with Gasteiger partial charge in [-0.05, 0) is 42.9 Å². The van der Waals surface area contributed by atoms with E-state index in [0.29, 0.717) is 23.3 Å². The minimum absolute atomic E-state index is 0.00663. The van der Waals surface area contributed by atoms with Gasteiger partial charge in [-0.15, -0.1) is 0 Å². The number of rotatable bonds is 23. The van der Waals surface area contributed by atoms with Gasteiger partial charge in [-0.3, -0.25) is 24.1 Å². The molecule has 2 rings (SSSR count). The largest absolute Gasteiger partial charge is 0.508 e. The van der Waals surface area contributed by atoms with E-state index in [0.717, 1.165) is 25.7 Å². The molecule has 48 heavy (non-hydrogen) atoms. The Bertz CT molecular complexity index is 1160. The molecule has 1 saturated heterocycles. The van der Waals surface area contributed by atoms with E-state index < -0.39 is 48.4 Å². The predicted octanol–water partition coefficient (Wildman–Crippen LogP) is 5.31. The number of aromatic hydroxyl groups is 1. The molecule has 1 heterocycles. The van der Waals surface area contributed by atoms with E-state index in [1.165, 1.54) is 87.0 Å². The number of carboxylic acids is 1. The molecule has 5 N–H and O–H groups in total. The molecule has 0 saturated carbocycles. The first kappa shape index (κ1) is 40.7. The molecule has 4 amide bonds. The second-order valence-corrected chi connectivity index (χ2v) is 13.5. The third-order valence-corrected chi connectivity index (χ3v) is 9.22. The van der Waals surface area contributed by atoms with Crippen LogP contribution in [0.4, 0.5) is 0 Å². The van der Waals surface area contributed by atoms with Crippen molar-refractivity contribution in [3.63, 3.8) is 0 Å². The van der Waals surface area contributed by atoms with Crippen molar-refractivity contribution >= 4 is 29.6 Å². The van der Waals surface area contributed by atoms with Crippen molar-refractivity contribution in [1.29, 1.82) is 0 Å². The number of nitrogens with one attached hydrogen (secondary N) is 1. The molecule has 0 aromatic heterocycles. The number of carboxylic acid groups (broad SMARTS) is 1. The van der Waals surface area contributed by atoms with Crippen molar-refractivity contribution in [1.82, 2.24) is 15.1 Å². The highest BCUT2D eigenvalue weighted by molar-refractivity contribution is 6.03. The number of nitrogens with two attached hydrogens (primary N) is 1. The van der Waals surface area contributed by atoms with Gasteiger partial charge in [0.1, 0.15) is 23.9 Å². The molecule has 1 fully saturated rings. The molecule has 0 radical (unpaired) electrons. The van der Waals surface area contributed by atoms with Gasteiger partial charge in [0, 0.05) is 19.4 Å². The first-order valence-electron chi connectivity index (χ1n) is 18.2. The Morgan fingerprint density at radius 2 is 1.44 bits per heavy atom. The molecule has 0 spiro atoms. The first-order chi connectivity index (χ1) is 23.0. The van der Waals surface area contributed by atoms with Gasteiger partial charge in [-0.2, -0.15) is 0 Å². The molecule has 3 atom stereocenters. The zero-order valence-electron chi connectivity index (χ0n) is 29.5. The lowest BCUT2D eigenvalue weighted by molar-refractivity contribution is -0.161. The number of hydrogen-bond donors (Lipinski definition) is 4. The SMILES string of the molecule is CCCCCCCCCCCCCCCC(=O)N[C@H](C(=O)N1CCC[C@H]1C(=O)N(C(=O)CN)[C@@H](Cc1ccc(O)cc1)C(=O)O)C(C)C. The number of hydrogen-bond acceptors (Lipinski definition) is 7. The van der Waals surface area contributed by atoms with Crippen LogP contribution in [0.25, 0.3) is 0 Å².